The fourth-order valence-electron chi connectivity index (χ4n) is 2.72. The smallest absolute Gasteiger partial charge is 0.416 e. The number of guanidine groups is 1. The Morgan fingerprint density at radius 2 is 1.58 bits per heavy atom. The molecule has 2 aromatic rings. The lowest BCUT2D eigenvalue weighted by Crippen LogP contribution is -2.42. The second-order valence-electron chi connectivity index (χ2n) is 6.32. The topological polar surface area (TPSA) is 74.8 Å². The van der Waals surface area contributed by atoms with Crippen LogP contribution in [-0.4, -0.2) is 45.7 Å². The Bertz CT molecular complexity index is 858. The standard InChI is InChI=1S/C21H25F3N4O2.HI/c1-25-20(27-12-11-15-5-3-4-6-18(15)30-2)28-14-13-26-19(29)16-7-9-17(10-8-16)21(22,23)24;/h3-10H,11-14H2,1-2H3,(H,26,29)(H2,25,27,28);1H. The third-order valence-electron chi connectivity index (χ3n) is 4.28. The molecule has 0 aromatic heterocycles. The number of hydrogen-bond acceptors (Lipinski definition) is 3. The fraction of sp³-hybridized carbons (Fsp3) is 0.333. The van der Waals surface area contributed by atoms with Gasteiger partial charge in [0, 0.05) is 32.2 Å². The Labute approximate surface area is 196 Å². The van der Waals surface area contributed by atoms with E-state index in [0.29, 0.717) is 19.0 Å². The number of hydrogen-bond donors (Lipinski definition) is 3. The molecule has 0 aliphatic heterocycles. The van der Waals surface area contributed by atoms with Gasteiger partial charge in [-0.2, -0.15) is 13.2 Å². The van der Waals surface area contributed by atoms with Crippen LogP contribution in [-0.2, 0) is 12.6 Å². The summed E-state index contributed by atoms with van der Waals surface area (Å²) in [4.78, 5) is 16.1. The molecule has 0 heterocycles. The quantitative estimate of drug-likeness (QED) is 0.204. The molecule has 170 valence electrons. The number of nitrogens with zero attached hydrogens (tertiary/aromatic N) is 1. The van der Waals surface area contributed by atoms with E-state index in [9.17, 15) is 18.0 Å². The number of aliphatic imine (C=N–C) groups is 1. The first kappa shape index (κ1) is 26.5. The summed E-state index contributed by atoms with van der Waals surface area (Å²) in [6.45, 7) is 1.33. The highest BCUT2D eigenvalue weighted by Crippen LogP contribution is 2.29. The van der Waals surface area contributed by atoms with Gasteiger partial charge in [-0.1, -0.05) is 18.2 Å². The van der Waals surface area contributed by atoms with E-state index in [1.165, 1.54) is 0 Å². The molecule has 0 unspecified atom stereocenters. The highest BCUT2D eigenvalue weighted by Gasteiger charge is 2.30. The van der Waals surface area contributed by atoms with Gasteiger partial charge in [0.25, 0.3) is 5.91 Å². The average molecular weight is 550 g/mol. The van der Waals surface area contributed by atoms with Gasteiger partial charge in [-0.3, -0.25) is 9.79 Å². The Balaban J connectivity index is 0.00000480. The maximum Gasteiger partial charge on any atom is 0.416 e. The number of methoxy groups -OCH3 is 1. The molecule has 0 saturated heterocycles. The van der Waals surface area contributed by atoms with Crippen molar-refractivity contribution >= 4 is 35.8 Å². The minimum Gasteiger partial charge on any atom is -0.496 e. The zero-order chi connectivity index (χ0) is 22.0. The van der Waals surface area contributed by atoms with Crippen molar-refractivity contribution in [2.24, 2.45) is 4.99 Å². The normalized spacial score (nSPS) is 11.3. The summed E-state index contributed by atoms with van der Waals surface area (Å²) in [6, 6.07) is 11.9. The van der Waals surface area contributed by atoms with E-state index in [2.05, 4.69) is 20.9 Å². The number of carbonyl (C=O) groups is 1. The van der Waals surface area contributed by atoms with Gasteiger partial charge in [0.05, 0.1) is 12.7 Å². The maximum atomic E-state index is 12.6. The van der Waals surface area contributed by atoms with Crippen LogP contribution in [0, 0.1) is 0 Å². The Kier molecular flexibility index (Phi) is 11.2. The molecule has 0 radical (unpaired) electrons. The van der Waals surface area contributed by atoms with Crippen molar-refractivity contribution in [3.8, 4) is 5.75 Å². The van der Waals surface area contributed by atoms with Crippen LogP contribution in [0.15, 0.2) is 53.5 Å². The molecule has 31 heavy (non-hydrogen) atoms. The summed E-state index contributed by atoms with van der Waals surface area (Å²) >= 11 is 0. The second-order valence-corrected chi connectivity index (χ2v) is 6.32. The molecule has 2 rings (SSSR count). The monoisotopic (exact) mass is 550 g/mol. The van der Waals surface area contributed by atoms with Crippen molar-refractivity contribution < 1.29 is 22.7 Å². The molecule has 3 N–H and O–H groups in total. The molecule has 0 atom stereocenters. The summed E-state index contributed by atoms with van der Waals surface area (Å²) in [5, 5.41) is 8.89. The van der Waals surface area contributed by atoms with Crippen LogP contribution in [0.25, 0.3) is 0 Å². The van der Waals surface area contributed by atoms with Gasteiger partial charge in [0.15, 0.2) is 5.96 Å². The van der Waals surface area contributed by atoms with Crippen molar-refractivity contribution in [3.05, 3.63) is 65.2 Å². The van der Waals surface area contributed by atoms with Crippen LogP contribution in [0.4, 0.5) is 13.2 Å². The maximum absolute atomic E-state index is 12.6. The Hall–Kier alpha value is -2.50. The summed E-state index contributed by atoms with van der Waals surface area (Å²) in [5.41, 5.74) is 0.456. The van der Waals surface area contributed by atoms with Gasteiger partial charge >= 0.3 is 6.18 Å². The highest BCUT2D eigenvalue weighted by atomic mass is 127. The van der Waals surface area contributed by atoms with Gasteiger partial charge < -0.3 is 20.7 Å². The third kappa shape index (κ3) is 8.64. The predicted molar refractivity (Wildman–Crippen MR) is 125 cm³/mol. The van der Waals surface area contributed by atoms with Gasteiger partial charge in [0.1, 0.15) is 5.75 Å². The van der Waals surface area contributed by atoms with E-state index >= 15 is 0 Å². The molecule has 6 nitrogen and oxygen atoms in total. The summed E-state index contributed by atoms with van der Waals surface area (Å²) in [5.74, 6) is 0.964. The zero-order valence-electron chi connectivity index (χ0n) is 17.3. The van der Waals surface area contributed by atoms with Gasteiger partial charge in [-0.05, 0) is 42.3 Å². The minimum atomic E-state index is -4.42. The van der Waals surface area contributed by atoms with Gasteiger partial charge in [-0.25, -0.2) is 0 Å². The van der Waals surface area contributed by atoms with E-state index in [0.717, 1.165) is 42.0 Å². The van der Waals surface area contributed by atoms with Crippen LogP contribution in [0.5, 0.6) is 5.75 Å². The lowest BCUT2D eigenvalue weighted by molar-refractivity contribution is -0.137. The predicted octanol–water partition coefficient (Wildman–Crippen LogP) is 3.47. The highest BCUT2D eigenvalue weighted by molar-refractivity contribution is 14.0. The number of ether oxygens (including phenoxy) is 1. The first-order valence-electron chi connectivity index (χ1n) is 9.37. The number of alkyl halides is 3. The molecular formula is C21H26F3IN4O2. The SMILES string of the molecule is CN=C(NCCNC(=O)c1ccc(C(F)(F)F)cc1)NCCc1ccccc1OC.I. The molecule has 0 aliphatic rings. The molecule has 0 bridgehead atoms. The number of carbonyl (C=O) groups excluding carboxylic acids is 1. The molecule has 1 amide bonds. The van der Waals surface area contributed by atoms with Crippen LogP contribution in [0.1, 0.15) is 21.5 Å². The third-order valence-corrected chi connectivity index (χ3v) is 4.28. The van der Waals surface area contributed by atoms with Crippen molar-refractivity contribution in [3.63, 3.8) is 0 Å². The molecule has 0 spiro atoms. The number of rotatable bonds is 8. The summed E-state index contributed by atoms with van der Waals surface area (Å²) in [6.07, 6.45) is -3.68. The number of benzene rings is 2. The van der Waals surface area contributed by atoms with Crippen LogP contribution in [0.2, 0.25) is 0 Å². The molecule has 0 fully saturated rings. The van der Waals surface area contributed by atoms with E-state index in [1.807, 2.05) is 24.3 Å². The van der Waals surface area contributed by atoms with Crippen molar-refractivity contribution in [1.29, 1.82) is 0 Å². The lowest BCUT2D eigenvalue weighted by atomic mass is 10.1. The van der Waals surface area contributed by atoms with Gasteiger partial charge in [-0.15, -0.1) is 24.0 Å². The fourth-order valence-corrected chi connectivity index (χ4v) is 2.72. The summed E-state index contributed by atoms with van der Waals surface area (Å²) < 4.78 is 43.0. The average Bonchev–Trinajstić information content (AvgIpc) is 2.75. The molecular weight excluding hydrogens is 524 g/mol. The van der Waals surface area contributed by atoms with Crippen LogP contribution < -0.4 is 20.7 Å². The molecule has 0 saturated carbocycles. The molecule has 10 heteroatoms. The second kappa shape index (κ2) is 13.0. The zero-order valence-corrected chi connectivity index (χ0v) is 19.6. The van der Waals surface area contributed by atoms with E-state index in [1.54, 1.807) is 14.2 Å². The molecule has 2 aromatic carbocycles. The van der Waals surface area contributed by atoms with Crippen molar-refractivity contribution in [1.82, 2.24) is 16.0 Å². The Morgan fingerprint density at radius 1 is 0.968 bits per heavy atom. The number of nitrogens with one attached hydrogen (secondary N) is 3. The number of halogens is 4. The Morgan fingerprint density at radius 3 is 2.19 bits per heavy atom. The van der Waals surface area contributed by atoms with Crippen LogP contribution >= 0.6 is 24.0 Å². The van der Waals surface area contributed by atoms with Crippen molar-refractivity contribution in [2.75, 3.05) is 33.8 Å². The lowest BCUT2D eigenvalue weighted by Gasteiger charge is -2.13. The van der Waals surface area contributed by atoms with E-state index in [4.69, 9.17) is 4.74 Å². The number of amides is 1. The first-order chi connectivity index (χ1) is 14.3. The van der Waals surface area contributed by atoms with E-state index in [-0.39, 0.29) is 36.1 Å². The van der Waals surface area contributed by atoms with Crippen molar-refractivity contribution in [2.45, 2.75) is 12.6 Å². The summed E-state index contributed by atoms with van der Waals surface area (Å²) in [7, 11) is 3.27. The van der Waals surface area contributed by atoms with Crippen LogP contribution in [0.3, 0.4) is 0 Å². The molecule has 0 aliphatic carbocycles. The number of para-hydroxylation sites is 1. The van der Waals surface area contributed by atoms with E-state index < -0.39 is 17.6 Å². The minimum absolute atomic E-state index is 0. The van der Waals surface area contributed by atoms with Gasteiger partial charge in [0.2, 0.25) is 0 Å². The largest absolute Gasteiger partial charge is 0.496 e. The first-order valence-corrected chi connectivity index (χ1v) is 9.37.